The molecule has 0 N–H and O–H groups in total. The van der Waals surface area contributed by atoms with Crippen molar-refractivity contribution in [2.75, 3.05) is 39.3 Å². The first kappa shape index (κ1) is 15.8. The summed E-state index contributed by atoms with van der Waals surface area (Å²) in [5.74, 6) is 1.82. The van der Waals surface area contributed by atoms with Crippen molar-refractivity contribution in [2.24, 2.45) is 11.8 Å². The van der Waals surface area contributed by atoms with Gasteiger partial charge in [-0.15, -0.1) is 0 Å². The summed E-state index contributed by atoms with van der Waals surface area (Å²) in [4.78, 5) is 8.19. The van der Waals surface area contributed by atoms with E-state index in [1.165, 1.54) is 58.5 Å². The van der Waals surface area contributed by atoms with Crippen molar-refractivity contribution in [1.29, 1.82) is 0 Å². The van der Waals surface area contributed by atoms with Crippen molar-refractivity contribution in [3.05, 3.63) is 0 Å². The number of hydrogen-bond acceptors (Lipinski definition) is 3. The van der Waals surface area contributed by atoms with Gasteiger partial charge in [0.25, 0.3) is 0 Å². The summed E-state index contributed by atoms with van der Waals surface area (Å²) >= 11 is 0. The van der Waals surface area contributed by atoms with Gasteiger partial charge < -0.3 is 4.90 Å². The summed E-state index contributed by atoms with van der Waals surface area (Å²) in [7, 11) is 0. The van der Waals surface area contributed by atoms with Crippen LogP contribution >= 0.6 is 0 Å². The Hall–Kier alpha value is -0.120. The summed E-state index contributed by atoms with van der Waals surface area (Å²) in [5, 5.41) is 0. The highest BCUT2D eigenvalue weighted by molar-refractivity contribution is 4.96. The third-order valence-corrected chi connectivity index (χ3v) is 6.35. The van der Waals surface area contributed by atoms with Crippen LogP contribution in [0.2, 0.25) is 0 Å². The predicted octanol–water partition coefficient (Wildman–Crippen LogP) is 2.52. The van der Waals surface area contributed by atoms with E-state index in [1.54, 1.807) is 0 Å². The Labute approximate surface area is 131 Å². The second-order valence-corrected chi connectivity index (χ2v) is 8.26. The van der Waals surface area contributed by atoms with Gasteiger partial charge >= 0.3 is 0 Å². The molecule has 0 aromatic heterocycles. The monoisotopic (exact) mass is 293 g/mol. The zero-order valence-corrected chi connectivity index (χ0v) is 14.6. The fraction of sp³-hybridized carbons (Fsp3) is 1.00. The average molecular weight is 293 g/mol. The third-order valence-electron chi connectivity index (χ3n) is 6.35. The Morgan fingerprint density at radius 2 is 1.38 bits per heavy atom. The van der Waals surface area contributed by atoms with Gasteiger partial charge in [0.15, 0.2) is 0 Å². The molecule has 0 aromatic carbocycles. The Morgan fingerprint density at radius 3 is 1.90 bits per heavy atom. The highest BCUT2D eigenvalue weighted by Crippen LogP contribution is 2.30. The maximum atomic E-state index is 2.78. The molecule has 3 saturated heterocycles. The Kier molecular flexibility index (Phi) is 4.92. The van der Waals surface area contributed by atoms with E-state index in [9.17, 15) is 0 Å². The zero-order valence-electron chi connectivity index (χ0n) is 14.6. The molecule has 3 aliphatic rings. The van der Waals surface area contributed by atoms with Gasteiger partial charge in [0.1, 0.15) is 0 Å². The van der Waals surface area contributed by atoms with Crippen LogP contribution in [0.1, 0.15) is 47.0 Å². The molecule has 0 saturated carbocycles. The van der Waals surface area contributed by atoms with Gasteiger partial charge in [0.2, 0.25) is 0 Å². The van der Waals surface area contributed by atoms with Crippen molar-refractivity contribution in [2.45, 2.75) is 65.1 Å². The molecule has 3 aliphatic heterocycles. The molecule has 21 heavy (non-hydrogen) atoms. The first-order valence-electron chi connectivity index (χ1n) is 9.26. The van der Waals surface area contributed by atoms with Crippen LogP contribution in [0.25, 0.3) is 0 Å². The highest BCUT2D eigenvalue weighted by Gasteiger charge is 2.39. The molecule has 3 rings (SSSR count). The molecular formula is C18H35N3. The van der Waals surface area contributed by atoms with Crippen molar-refractivity contribution in [1.82, 2.24) is 14.7 Å². The lowest BCUT2D eigenvalue weighted by Crippen LogP contribution is -2.63. The zero-order chi connectivity index (χ0) is 15.0. The smallest absolute Gasteiger partial charge is 0.0350 e. The van der Waals surface area contributed by atoms with E-state index in [4.69, 9.17) is 0 Å². The molecule has 0 spiro atoms. The minimum atomic E-state index is 0.729. The van der Waals surface area contributed by atoms with Gasteiger partial charge in [0.05, 0.1) is 0 Å². The van der Waals surface area contributed by atoms with Crippen molar-refractivity contribution >= 4 is 0 Å². The second kappa shape index (κ2) is 6.55. The van der Waals surface area contributed by atoms with Gasteiger partial charge in [-0.05, 0) is 64.6 Å². The van der Waals surface area contributed by atoms with Crippen LogP contribution in [-0.2, 0) is 0 Å². The fourth-order valence-corrected chi connectivity index (χ4v) is 4.48. The molecule has 122 valence electrons. The van der Waals surface area contributed by atoms with Crippen LogP contribution < -0.4 is 0 Å². The lowest BCUT2D eigenvalue weighted by atomic mass is 9.94. The molecule has 0 aliphatic carbocycles. The minimum absolute atomic E-state index is 0.729. The largest absolute Gasteiger partial charge is 0.301 e. The van der Waals surface area contributed by atoms with Crippen LogP contribution in [0, 0.1) is 11.8 Å². The molecule has 0 bridgehead atoms. The normalized spacial score (nSPS) is 31.4. The minimum Gasteiger partial charge on any atom is -0.301 e. The van der Waals surface area contributed by atoms with Crippen molar-refractivity contribution in [3.8, 4) is 0 Å². The number of nitrogens with zero attached hydrogens (tertiary/aromatic N) is 3. The van der Waals surface area contributed by atoms with Crippen LogP contribution in [0.15, 0.2) is 0 Å². The van der Waals surface area contributed by atoms with E-state index in [-0.39, 0.29) is 0 Å². The predicted molar refractivity (Wildman–Crippen MR) is 89.6 cm³/mol. The lowest BCUT2D eigenvalue weighted by molar-refractivity contribution is -0.0112. The van der Waals surface area contributed by atoms with Gasteiger partial charge in [-0.1, -0.05) is 13.8 Å². The molecule has 3 nitrogen and oxygen atoms in total. The maximum absolute atomic E-state index is 2.78. The maximum Gasteiger partial charge on any atom is 0.0350 e. The Bertz CT molecular complexity index is 327. The van der Waals surface area contributed by atoms with Crippen molar-refractivity contribution in [3.63, 3.8) is 0 Å². The topological polar surface area (TPSA) is 9.72 Å². The standard InChI is InChI=1S/C18H35N3/c1-14(2)16-5-8-20(11-16)18-12-21(13-18)17-6-9-19(10-7-17)15(3)4/h14-18H,5-13H2,1-4H3. The van der Waals surface area contributed by atoms with Crippen LogP contribution in [-0.4, -0.2) is 72.1 Å². The molecule has 1 unspecified atom stereocenters. The molecule has 0 amide bonds. The summed E-state index contributed by atoms with van der Waals surface area (Å²) in [6.07, 6.45) is 4.21. The SMILES string of the molecule is CC(C)C1CCN(C2CN(C3CCN(C(C)C)CC3)C2)C1. The van der Waals surface area contributed by atoms with E-state index in [0.717, 1.165) is 30.0 Å². The van der Waals surface area contributed by atoms with Crippen LogP contribution in [0.5, 0.6) is 0 Å². The Balaban J connectivity index is 1.39. The first-order valence-corrected chi connectivity index (χ1v) is 9.26. The quantitative estimate of drug-likeness (QED) is 0.788. The molecular weight excluding hydrogens is 258 g/mol. The van der Waals surface area contributed by atoms with E-state index in [1.807, 2.05) is 0 Å². The van der Waals surface area contributed by atoms with Gasteiger partial charge in [-0.3, -0.25) is 9.80 Å². The molecule has 3 heterocycles. The number of rotatable bonds is 4. The fourth-order valence-electron chi connectivity index (χ4n) is 4.48. The van der Waals surface area contributed by atoms with E-state index < -0.39 is 0 Å². The van der Waals surface area contributed by atoms with Gasteiger partial charge in [0, 0.05) is 37.8 Å². The van der Waals surface area contributed by atoms with Gasteiger partial charge in [-0.2, -0.15) is 0 Å². The first-order chi connectivity index (χ1) is 10.0. The average Bonchev–Trinajstić information content (AvgIpc) is 2.87. The van der Waals surface area contributed by atoms with Gasteiger partial charge in [-0.25, -0.2) is 0 Å². The van der Waals surface area contributed by atoms with E-state index >= 15 is 0 Å². The molecule has 1 atom stereocenters. The van der Waals surface area contributed by atoms with Crippen LogP contribution in [0.4, 0.5) is 0 Å². The number of piperidine rings is 1. The summed E-state index contributed by atoms with van der Waals surface area (Å²) < 4.78 is 0. The Morgan fingerprint density at radius 1 is 0.714 bits per heavy atom. The molecule has 3 heteroatoms. The summed E-state index contributed by atoms with van der Waals surface area (Å²) in [5.41, 5.74) is 0. The highest BCUT2D eigenvalue weighted by atomic mass is 15.3. The number of hydrogen-bond donors (Lipinski definition) is 0. The molecule has 0 radical (unpaired) electrons. The third kappa shape index (κ3) is 3.46. The van der Waals surface area contributed by atoms with E-state index in [0.29, 0.717) is 0 Å². The summed E-state index contributed by atoms with van der Waals surface area (Å²) in [6.45, 7) is 17.5. The molecule has 0 aromatic rings. The van der Waals surface area contributed by atoms with Crippen molar-refractivity contribution < 1.29 is 0 Å². The summed E-state index contributed by atoms with van der Waals surface area (Å²) in [6, 6.07) is 2.48. The van der Waals surface area contributed by atoms with E-state index in [2.05, 4.69) is 42.4 Å². The second-order valence-electron chi connectivity index (χ2n) is 8.26. The molecule has 3 fully saturated rings. The lowest BCUT2D eigenvalue weighted by Gasteiger charge is -2.50. The number of likely N-dealkylation sites (tertiary alicyclic amines) is 3. The van der Waals surface area contributed by atoms with Crippen LogP contribution in [0.3, 0.4) is 0 Å².